The molecule has 0 fully saturated rings. The zero-order valence-electron chi connectivity index (χ0n) is 11.6. The van der Waals surface area contributed by atoms with Crippen LogP contribution in [0.1, 0.15) is 26.7 Å². The van der Waals surface area contributed by atoms with Crippen LogP contribution in [0.4, 0.5) is 8.78 Å². The first-order valence-corrected chi connectivity index (χ1v) is 7.93. The van der Waals surface area contributed by atoms with Gasteiger partial charge < -0.3 is 5.73 Å². The van der Waals surface area contributed by atoms with E-state index in [-0.39, 0.29) is 12.0 Å². The Labute approximate surface area is 118 Å². The summed E-state index contributed by atoms with van der Waals surface area (Å²) in [7, 11) is -4.10. The van der Waals surface area contributed by atoms with Gasteiger partial charge in [0.15, 0.2) is 0 Å². The molecule has 0 bridgehead atoms. The molecular formula is C13H20F2N2O2S. The summed E-state index contributed by atoms with van der Waals surface area (Å²) in [5, 5.41) is 0. The molecule has 0 saturated carbocycles. The Hall–Kier alpha value is -1.05. The highest BCUT2D eigenvalue weighted by molar-refractivity contribution is 7.89. The number of sulfonamides is 1. The van der Waals surface area contributed by atoms with Crippen molar-refractivity contribution in [2.75, 3.05) is 13.1 Å². The van der Waals surface area contributed by atoms with Crippen molar-refractivity contribution in [3.63, 3.8) is 0 Å². The van der Waals surface area contributed by atoms with E-state index in [1.807, 2.05) is 13.8 Å². The molecule has 1 aromatic carbocycles. The molecule has 0 atom stereocenters. The van der Waals surface area contributed by atoms with E-state index >= 15 is 0 Å². The molecule has 0 heterocycles. The van der Waals surface area contributed by atoms with Crippen LogP contribution in [0.2, 0.25) is 0 Å². The van der Waals surface area contributed by atoms with Crippen molar-refractivity contribution < 1.29 is 17.2 Å². The van der Waals surface area contributed by atoms with Gasteiger partial charge in [0.2, 0.25) is 10.0 Å². The van der Waals surface area contributed by atoms with Gasteiger partial charge in [-0.2, -0.15) is 0 Å². The Morgan fingerprint density at radius 3 is 2.35 bits per heavy atom. The molecule has 0 unspecified atom stereocenters. The smallest absolute Gasteiger partial charge is 0.243 e. The van der Waals surface area contributed by atoms with Gasteiger partial charge >= 0.3 is 0 Å². The number of nitrogens with one attached hydrogen (secondary N) is 1. The fourth-order valence-corrected chi connectivity index (χ4v) is 3.11. The third-order valence-electron chi connectivity index (χ3n) is 3.75. The van der Waals surface area contributed by atoms with Crippen LogP contribution in [0, 0.1) is 17.0 Å². The number of rotatable bonds is 7. The molecule has 20 heavy (non-hydrogen) atoms. The summed E-state index contributed by atoms with van der Waals surface area (Å²) < 4.78 is 53.0. The summed E-state index contributed by atoms with van der Waals surface area (Å²) in [6.45, 7) is 4.23. The lowest BCUT2D eigenvalue weighted by Gasteiger charge is -2.30. The normalized spacial score (nSPS) is 12.7. The van der Waals surface area contributed by atoms with E-state index in [0.717, 1.165) is 12.1 Å². The van der Waals surface area contributed by atoms with Crippen LogP contribution in [0.5, 0.6) is 0 Å². The average molecular weight is 306 g/mol. The van der Waals surface area contributed by atoms with Crippen LogP contribution in [-0.4, -0.2) is 21.5 Å². The van der Waals surface area contributed by atoms with Gasteiger partial charge in [-0.3, -0.25) is 0 Å². The van der Waals surface area contributed by atoms with E-state index in [0.29, 0.717) is 25.5 Å². The van der Waals surface area contributed by atoms with Crippen LogP contribution < -0.4 is 10.5 Å². The summed E-state index contributed by atoms with van der Waals surface area (Å²) in [4.78, 5) is -0.685. The second kappa shape index (κ2) is 6.60. The molecule has 0 aliphatic rings. The maximum atomic E-state index is 13.5. The van der Waals surface area contributed by atoms with Crippen molar-refractivity contribution in [3.8, 4) is 0 Å². The highest BCUT2D eigenvalue weighted by atomic mass is 32.2. The van der Waals surface area contributed by atoms with Crippen molar-refractivity contribution in [1.82, 2.24) is 4.72 Å². The zero-order valence-corrected chi connectivity index (χ0v) is 12.4. The van der Waals surface area contributed by atoms with E-state index in [2.05, 4.69) is 4.72 Å². The van der Waals surface area contributed by atoms with Gasteiger partial charge in [0.25, 0.3) is 0 Å². The lowest BCUT2D eigenvalue weighted by Crippen LogP contribution is -2.41. The Balaban J connectivity index is 2.98. The van der Waals surface area contributed by atoms with Crippen LogP contribution in [0.25, 0.3) is 0 Å². The standard InChI is InChI=1S/C13H20F2N2O2S/c1-3-13(4-2,8-16)9-17-20(18,19)12-7-10(14)5-6-11(12)15/h5-7,17H,3-4,8-9,16H2,1-2H3. The molecule has 0 amide bonds. The molecule has 1 rings (SSSR count). The van der Waals surface area contributed by atoms with Gasteiger partial charge in [-0.1, -0.05) is 13.8 Å². The summed E-state index contributed by atoms with van der Waals surface area (Å²) >= 11 is 0. The monoisotopic (exact) mass is 306 g/mol. The Kier molecular flexibility index (Phi) is 5.61. The molecular weight excluding hydrogens is 286 g/mol. The zero-order chi connectivity index (χ0) is 15.4. The van der Waals surface area contributed by atoms with Crippen LogP contribution in [0.3, 0.4) is 0 Å². The first-order chi connectivity index (χ1) is 9.30. The lowest BCUT2D eigenvalue weighted by molar-refractivity contribution is 0.275. The molecule has 0 aliphatic heterocycles. The topological polar surface area (TPSA) is 72.2 Å². The fourth-order valence-electron chi connectivity index (χ4n) is 1.87. The van der Waals surface area contributed by atoms with Crippen LogP contribution in [0.15, 0.2) is 23.1 Å². The summed E-state index contributed by atoms with van der Waals surface area (Å²) in [5.41, 5.74) is 5.30. The van der Waals surface area contributed by atoms with Crippen LogP contribution >= 0.6 is 0 Å². The van der Waals surface area contributed by atoms with Gasteiger partial charge in [-0.25, -0.2) is 21.9 Å². The van der Waals surface area contributed by atoms with Gasteiger partial charge in [0.05, 0.1) is 0 Å². The van der Waals surface area contributed by atoms with Gasteiger partial charge in [-0.05, 0) is 43.0 Å². The van der Waals surface area contributed by atoms with E-state index in [4.69, 9.17) is 5.73 Å². The molecule has 0 radical (unpaired) electrons. The number of benzene rings is 1. The maximum absolute atomic E-state index is 13.5. The van der Waals surface area contributed by atoms with Crippen molar-refractivity contribution in [1.29, 1.82) is 0 Å². The third kappa shape index (κ3) is 3.74. The SMILES string of the molecule is CCC(CC)(CN)CNS(=O)(=O)c1cc(F)ccc1F. The molecule has 3 N–H and O–H groups in total. The minimum atomic E-state index is -4.10. The Morgan fingerprint density at radius 1 is 1.25 bits per heavy atom. The van der Waals surface area contributed by atoms with Gasteiger partial charge in [0.1, 0.15) is 16.5 Å². The second-order valence-electron chi connectivity index (χ2n) is 4.81. The predicted molar refractivity (Wildman–Crippen MR) is 73.6 cm³/mol. The van der Waals surface area contributed by atoms with Crippen LogP contribution in [-0.2, 0) is 10.0 Å². The first-order valence-electron chi connectivity index (χ1n) is 6.45. The number of halogens is 2. The highest BCUT2D eigenvalue weighted by Gasteiger charge is 2.28. The molecule has 1 aromatic rings. The fraction of sp³-hybridized carbons (Fsp3) is 0.538. The quantitative estimate of drug-likeness (QED) is 0.809. The van der Waals surface area contributed by atoms with E-state index in [1.54, 1.807) is 0 Å². The highest BCUT2D eigenvalue weighted by Crippen LogP contribution is 2.25. The first kappa shape index (κ1) is 17.0. The van der Waals surface area contributed by atoms with Gasteiger partial charge in [-0.15, -0.1) is 0 Å². The van der Waals surface area contributed by atoms with Crippen molar-refractivity contribution in [3.05, 3.63) is 29.8 Å². The molecule has 4 nitrogen and oxygen atoms in total. The van der Waals surface area contributed by atoms with Gasteiger partial charge in [0, 0.05) is 6.54 Å². The summed E-state index contributed by atoms with van der Waals surface area (Å²) in [6.07, 6.45) is 1.38. The minimum absolute atomic E-state index is 0.0921. The van der Waals surface area contributed by atoms with E-state index in [9.17, 15) is 17.2 Å². The summed E-state index contributed by atoms with van der Waals surface area (Å²) in [5.74, 6) is -1.78. The number of hydrogen-bond acceptors (Lipinski definition) is 3. The molecule has 7 heteroatoms. The maximum Gasteiger partial charge on any atom is 0.243 e. The number of hydrogen-bond donors (Lipinski definition) is 2. The molecule has 0 aromatic heterocycles. The van der Waals surface area contributed by atoms with Crippen molar-refractivity contribution >= 4 is 10.0 Å². The lowest BCUT2D eigenvalue weighted by atomic mass is 9.83. The second-order valence-corrected chi connectivity index (χ2v) is 6.55. The average Bonchev–Trinajstić information content (AvgIpc) is 2.43. The van der Waals surface area contributed by atoms with E-state index in [1.165, 1.54) is 0 Å². The molecule has 114 valence electrons. The van der Waals surface area contributed by atoms with E-state index < -0.39 is 26.6 Å². The predicted octanol–water partition coefficient (Wildman–Crippen LogP) is 2.01. The number of nitrogens with two attached hydrogens (primary N) is 1. The Morgan fingerprint density at radius 2 is 1.85 bits per heavy atom. The summed E-state index contributed by atoms with van der Waals surface area (Å²) in [6, 6.07) is 2.33. The molecule has 0 saturated heterocycles. The third-order valence-corrected chi connectivity index (χ3v) is 5.17. The molecule has 0 aliphatic carbocycles. The molecule has 0 spiro atoms. The van der Waals surface area contributed by atoms with Crippen molar-refractivity contribution in [2.24, 2.45) is 11.1 Å². The van der Waals surface area contributed by atoms with Crippen molar-refractivity contribution in [2.45, 2.75) is 31.6 Å². The minimum Gasteiger partial charge on any atom is -0.330 e. The Bertz CT molecular complexity index is 549. The largest absolute Gasteiger partial charge is 0.330 e.